The smallest absolute Gasteiger partial charge is 0.377 e. The Hall–Kier alpha value is -1.46. The number of carbonyl (C=O) groups excluding carboxylic acids is 2. The lowest BCUT2D eigenvalue weighted by Gasteiger charge is -2.24. The van der Waals surface area contributed by atoms with Crippen LogP contribution in [0.25, 0.3) is 0 Å². The molecule has 4 atom stereocenters. The normalized spacial score (nSPS) is 37.3. The van der Waals surface area contributed by atoms with Gasteiger partial charge in [-0.3, -0.25) is 0 Å². The number of allylic oxidation sites excluding steroid dienone is 1. The van der Waals surface area contributed by atoms with E-state index in [9.17, 15) is 18.4 Å². The average Bonchev–Trinajstić information content (AvgIpc) is 2.72. The van der Waals surface area contributed by atoms with Crippen molar-refractivity contribution >= 4 is 11.9 Å². The van der Waals surface area contributed by atoms with Gasteiger partial charge in [0, 0.05) is 24.3 Å². The Morgan fingerprint density at radius 3 is 2.94 bits per heavy atom. The maximum Gasteiger partial charge on any atom is 0.377 e. The first kappa shape index (κ1) is 11.6. The molecule has 1 aliphatic heterocycles. The number of carbonyl (C=O) groups is 2. The van der Waals surface area contributed by atoms with E-state index in [2.05, 4.69) is 0 Å². The van der Waals surface area contributed by atoms with E-state index in [1.165, 1.54) is 0 Å². The minimum absolute atomic E-state index is 0.0249. The summed E-state index contributed by atoms with van der Waals surface area (Å²) >= 11 is 0. The quantitative estimate of drug-likeness (QED) is 0.703. The summed E-state index contributed by atoms with van der Waals surface area (Å²) in [5.41, 5.74) is 0.609. The van der Waals surface area contributed by atoms with Crippen molar-refractivity contribution in [2.45, 2.75) is 37.9 Å². The van der Waals surface area contributed by atoms with E-state index in [4.69, 9.17) is 9.47 Å². The van der Waals surface area contributed by atoms with Crippen LogP contribution >= 0.6 is 0 Å². The summed E-state index contributed by atoms with van der Waals surface area (Å²) in [6.45, 7) is 0.501. The number of alkyl halides is 2. The van der Waals surface area contributed by atoms with Gasteiger partial charge >= 0.3 is 17.9 Å². The van der Waals surface area contributed by atoms with Crippen molar-refractivity contribution in [3.63, 3.8) is 0 Å². The van der Waals surface area contributed by atoms with Gasteiger partial charge in [0.25, 0.3) is 0 Å². The number of esters is 2. The van der Waals surface area contributed by atoms with Crippen molar-refractivity contribution in [2.75, 3.05) is 0 Å². The molecule has 1 saturated heterocycles. The molecule has 0 aromatic heterocycles. The van der Waals surface area contributed by atoms with Gasteiger partial charge in [-0.2, -0.15) is 8.78 Å². The van der Waals surface area contributed by atoms with Crippen molar-refractivity contribution in [2.24, 2.45) is 11.8 Å². The second-order valence-electron chi connectivity index (χ2n) is 5.13. The summed E-state index contributed by atoms with van der Waals surface area (Å²) in [5, 5.41) is 0. The summed E-state index contributed by atoms with van der Waals surface area (Å²) < 4.78 is 35.7. The molecular formula is C12H12F2O4. The third-order valence-corrected chi connectivity index (χ3v) is 3.86. The zero-order valence-electron chi connectivity index (χ0n) is 9.69. The van der Waals surface area contributed by atoms with Crippen LogP contribution in [-0.2, 0) is 19.1 Å². The molecule has 18 heavy (non-hydrogen) atoms. The van der Waals surface area contributed by atoms with Crippen LogP contribution in [0.15, 0.2) is 11.6 Å². The zero-order chi connectivity index (χ0) is 13.1. The Kier molecular flexibility index (Phi) is 2.27. The summed E-state index contributed by atoms with van der Waals surface area (Å²) in [5.74, 6) is -5.60. The molecule has 1 saturated carbocycles. The Morgan fingerprint density at radius 2 is 2.28 bits per heavy atom. The Morgan fingerprint density at radius 1 is 1.56 bits per heavy atom. The maximum atomic E-state index is 12.8. The highest BCUT2D eigenvalue weighted by Crippen LogP contribution is 2.49. The van der Waals surface area contributed by atoms with E-state index in [1.807, 2.05) is 0 Å². The van der Waals surface area contributed by atoms with E-state index < -0.39 is 30.1 Å². The predicted octanol–water partition coefficient (Wildman–Crippen LogP) is 1.45. The standard InChI is InChI=1S/C12H12F2O4/c1-12(13,14)11(16)18-8-5-2-3-6-7(4-5)9(8)17-10(6)15/h3,5,7-9H,2,4H2,1H3. The van der Waals surface area contributed by atoms with Crippen LogP contribution in [0.1, 0.15) is 19.8 Å². The number of hydrogen-bond donors (Lipinski definition) is 0. The predicted molar refractivity (Wildman–Crippen MR) is 54.7 cm³/mol. The number of rotatable bonds is 2. The highest BCUT2D eigenvalue weighted by molar-refractivity contribution is 5.92. The lowest BCUT2D eigenvalue weighted by Crippen LogP contribution is -2.38. The maximum absolute atomic E-state index is 12.8. The molecule has 3 rings (SSSR count). The van der Waals surface area contributed by atoms with Gasteiger partial charge in [-0.05, 0) is 12.8 Å². The minimum atomic E-state index is -3.52. The Labute approximate surface area is 102 Å². The molecule has 4 unspecified atom stereocenters. The monoisotopic (exact) mass is 258 g/mol. The first-order valence-corrected chi connectivity index (χ1v) is 5.88. The molecule has 0 aromatic rings. The molecule has 98 valence electrons. The third-order valence-electron chi connectivity index (χ3n) is 3.86. The molecule has 0 radical (unpaired) electrons. The molecule has 2 aliphatic carbocycles. The van der Waals surface area contributed by atoms with E-state index >= 15 is 0 Å². The minimum Gasteiger partial charge on any atom is -0.454 e. The molecule has 3 aliphatic rings. The Balaban J connectivity index is 1.80. The topological polar surface area (TPSA) is 52.6 Å². The molecular weight excluding hydrogens is 246 g/mol. The number of fused-ring (bicyclic) bond motifs is 1. The number of ether oxygens (including phenoxy) is 2. The third kappa shape index (κ3) is 1.54. The van der Waals surface area contributed by atoms with Gasteiger partial charge in [0.15, 0.2) is 0 Å². The molecule has 2 bridgehead atoms. The number of hydrogen-bond acceptors (Lipinski definition) is 4. The molecule has 4 nitrogen and oxygen atoms in total. The van der Waals surface area contributed by atoms with Gasteiger partial charge in [-0.25, -0.2) is 9.59 Å². The first-order chi connectivity index (χ1) is 8.38. The van der Waals surface area contributed by atoms with Gasteiger partial charge in [0.05, 0.1) is 0 Å². The molecule has 0 N–H and O–H groups in total. The van der Waals surface area contributed by atoms with Crippen LogP contribution in [-0.4, -0.2) is 30.1 Å². The molecule has 6 heteroatoms. The molecule has 0 spiro atoms. The second kappa shape index (κ2) is 3.52. The lowest BCUT2D eigenvalue weighted by atomic mass is 9.89. The van der Waals surface area contributed by atoms with Gasteiger partial charge < -0.3 is 9.47 Å². The van der Waals surface area contributed by atoms with Crippen molar-refractivity contribution in [1.29, 1.82) is 0 Å². The molecule has 0 aromatic carbocycles. The van der Waals surface area contributed by atoms with Crippen LogP contribution in [0.3, 0.4) is 0 Å². The van der Waals surface area contributed by atoms with Gasteiger partial charge in [0.2, 0.25) is 0 Å². The summed E-state index contributed by atoms with van der Waals surface area (Å²) in [7, 11) is 0. The van der Waals surface area contributed by atoms with Crippen LogP contribution < -0.4 is 0 Å². The molecule has 0 amide bonds. The lowest BCUT2D eigenvalue weighted by molar-refractivity contribution is -0.184. The van der Waals surface area contributed by atoms with Gasteiger partial charge in [-0.15, -0.1) is 0 Å². The van der Waals surface area contributed by atoms with Crippen molar-refractivity contribution < 1.29 is 27.8 Å². The van der Waals surface area contributed by atoms with E-state index in [1.54, 1.807) is 6.08 Å². The first-order valence-electron chi connectivity index (χ1n) is 5.88. The van der Waals surface area contributed by atoms with Crippen LogP contribution in [0.5, 0.6) is 0 Å². The van der Waals surface area contributed by atoms with Crippen molar-refractivity contribution in [3.8, 4) is 0 Å². The van der Waals surface area contributed by atoms with E-state index in [0.29, 0.717) is 25.3 Å². The Bertz CT molecular complexity index is 451. The van der Waals surface area contributed by atoms with E-state index in [-0.39, 0.29) is 11.8 Å². The fourth-order valence-corrected chi connectivity index (χ4v) is 3.02. The zero-order valence-corrected chi connectivity index (χ0v) is 9.69. The van der Waals surface area contributed by atoms with Gasteiger partial charge in [0.1, 0.15) is 12.2 Å². The van der Waals surface area contributed by atoms with Crippen LogP contribution in [0.2, 0.25) is 0 Å². The van der Waals surface area contributed by atoms with Crippen LogP contribution in [0, 0.1) is 11.8 Å². The fraction of sp³-hybridized carbons (Fsp3) is 0.667. The van der Waals surface area contributed by atoms with Gasteiger partial charge in [-0.1, -0.05) is 6.08 Å². The fourth-order valence-electron chi connectivity index (χ4n) is 3.02. The summed E-state index contributed by atoms with van der Waals surface area (Å²) in [4.78, 5) is 22.7. The molecule has 1 heterocycles. The molecule has 2 fully saturated rings. The van der Waals surface area contributed by atoms with Crippen molar-refractivity contribution in [1.82, 2.24) is 0 Å². The summed E-state index contributed by atoms with van der Waals surface area (Å²) in [6, 6.07) is 0. The summed E-state index contributed by atoms with van der Waals surface area (Å²) in [6.07, 6.45) is 1.69. The van der Waals surface area contributed by atoms with E-state index in [0.717, 1.165) is 0 Å². The van der Waals surface area contributed by atoms with Crippen molar-refractivity contribution in [3.05, 3.63) is 11.6 Å². The number of halogens is 2. The van der Waals surface area contributed by atoms with Crippen LogP contribution in [0.4, 0.5) is 8.78 Å². The highest BCUT2D eigenvalue weighted by Gasteiger charge is 2.57. The second-order valence-corrected chi connectivity index (χ2v) is 5.13. The highest BCUT2D eigenvalue weighted by atomic mass is 19.3. The average molecular weight is 258 g/mol. The SMILES string of the molecule is CC(F)(F)C(=O)OC1C2CC=C3C(=O)OC1C3C2. The largest absolute Gasteiger partial charge is 0.454 e.